The first-order valence-corrected chi connectivity index (χ1v) is 15.0. The molecule has 0 radical (unpaired) electrons. The molecule has 1 aliphatic carbocycles. The summed E-state index contributed by atoms with van der Waals surface area (Å²) in [6.07, 6.45) is 9.38. The molecule has 1 aliphatic rings. The van der Waals surface area contributed by atoms with E-state index < -0.39 is 15.7 Å². The average molecular weight is 553 g/mol. The molecule has 0 saturated carbocycles. The van der Waals surface area contributed by atoms with Crippen LogP contribution in [0.15, 0.2) is 176 Å². The predicted octanol–water partition coefficient (Wildman–Crippen LogP) is 9.52. The van der Waals surface area contributed by atoms with Gasteiger partial charge in [-0.05, 0) is 27.8 Å². The van der Waals surface area contributed by atoms with Gasteiger partial charge < -0.3 is 0 Å². The maximum Gasteiger partial charge on any atom is 0.0458 e. The molecule has 3 atom stereocenters. The molecule has 0 aromatic heterocycles. The Kier molecular flexibility index (Phi) is 7.42. The van der Waals surface area contributed by atoms with Crippen molar-refractivity contribution in [2.45, 2.75) is 16.2 Å². The quantitative estimate of drug-likeness (QED) is 0.176. The van der Waals surface area contributed by atoms with Gasteiger partial charge >= 0.3 is 0 Å². The molecule has 0 N–H and O–H groups in total. The fourth-order valence-corrected chi connectivity index (χ4v) is 8.77. The smallest absolute Gasteiger partial charge is 0.0458 e. The largest absolute Gasteiger partial charge is 0.121 e. The third-order valence-electron chi connectivity index (χ3n) is 8.64. The molecule has 5 aromatic rings. The third kappa shape index (κ3) is 4.14. The Hall–Kier alpha value is -3.56. The van der Waals surface area contributed by atoms with E-state index in [0.29, 0.717) is 0 Å². The standard InChI is InChI=1S/C38H34P2/c39-37(31-20-8-2-9-21-31,32-22-10-3-11-23-32)36(29-17-16-28-35(36)30-18-6-1-7-19-30)38(40,33-24-12-4-13-25-33)34-26-14-5-15-27-34/h1-29,35H,39-40H2. The van der Waals surface area contributed by atoms with Gasteiger partial charge in [0.2, 0.25) is 0 Å². The summed E-state index contributed by atoms with van der Waals surface area (Å²) in [4.78, 5) is 0. The molecule has 0 spiro atoms. The number of hydrogen-bond donors (Lipinski definition) is 0. The number of rotatable bonds is 7. The van der Waals surface area contributed by atoms with Crippen LogP contribution in [0, 0.1) is 5.41 Å². The molecule has 0 heterocycles. The third-order valence-corrected chi connectivity index (χ3v) is 10.9. The van der Waals surface area contributed by atoms with Crippen LogP contribution in [0.1, 0.15) is 33.7 Å². The molecule has 2 heteroatoms. The number of hydrogen-bond acceptors (Lipinski definition) is 0. The van der Waals surface area contributed by atoms with Crippen molar-refractivity contribution in [3.05, 3.63) is 204 Å². The van der Waals surface area contributed by atoms with Gasteiger partial charge in [-0.25, -0.2) is 0 Å². The highest BCUT2D eigenvalue weighted by atomic mass is 31.0. The minimum absolute atomic E-state index is 0.0505. The van der Waals surface area contributed by atoms with Crippen molar-refractivity contribution in [1.82, 2.24) is 0 Å². The molecule has 0 aliphatic heterocycles. The summed E-state index contributed by atoms with van der Waals surface area (Å²) in [5.41, 5.74) is 5.80. The van der Waals surface area contributed by atoms with Gasteiger partial charge in [-0.15, -0.1) is 18.5 Å². The number of allylic oxidation sites excluding steroid dienone is 4. The Labute approximate surface area is 243 Å². The normalized spacial score (nSPS) is 16.5. The number of benzene rings is 5. The molecule has 0 nitrogen and oxygen atoms in total. The lowest BCUT2D eigenvalue weighted by Crippen LogP contribution is -2.56. The Bertz CT molecular complexity index is 1420. The molecular formula is C38H34P2. The maximum absolute atomic E-state index is 3.41. The molecule has 0 amide bonds. The molecule has 0 bridgehead atoms. The summed E-state index contributed by atoms with van der Waals surface area (Å²) in [6.45, 7) is 0. The highest BCUT2D eigenvalue weighted by Crippen LogP contribution is 2.71. The molecule has 5 aromatic carbocycles. The van der Waals surface area contributed by atoms with Gasteiger partial charge in [0.05, 0.1) is 0 Å². The van der Waals surface area contributed by atoms with Crippen LogP contribution in [0.4, 0.5) is 0 Å². The van der Waals surface area contributed by atoms with Crippen molar-refractivity contribution in [3.8, 4) is 0 Å². The van der Waals surface area contributed by atoms with Crippen molar-refractivity contribution in [1.29, 1.82) is 0 Å². The van der Waals surface area contributed by atoms with Crippen LogP contribution in [-0.2, 0) is 10.3 Å². The second-order valence-corrected chi connectivity index (χ2v) is 12.3. The molecule has 0 fully saturated rings. The van der Waals surface area contributed by atoms with Crippen LogP contribution < -0.4 is 0 Å². The van der Waals surface area contributed by atoms with Gasteiger partial charge in [-0.3, -0.25) is 0 Å². The summed E-state index contributed by atoms with van der Waals surface area (Å²) >= 11 is 0. The van der Waals surface area contributed by atoms with E-state index in [4.69, 9.17) is 0 Å². The van der Waals surface area contributed by atoms with Crippen LogP contribution in [0.5, 0.6) is 0 Å². The zero-order valence-electron chi connectivity index (χ0n) is 22.5. The lowest BCUT2D eigenvalue weighted by Gasteiger charge is -2.61. The molecule has 196 valence electrons. The van der Waals surface area contributed by atoms with Gasteiger partial charge in [0, 0.05) is 21.6 Å². The van der Waals surface area contributed by atoms with Crippen LogP contribution in [-0.4, -0.2) is 0 Å². The Morgan fingerprint density at radius 2 is 0.750 bits per heavy atom. The van der Waals surface area contributed by atoms with E-state index in [-0.39, 0.29) is 5.92 Å². The summed E-state index contributed by atoms with van der Waals surface area (Å²) in [6, 6.07) is 55.1. The Morgan fingerprint density at radius 3 is 1.10 bits per heavy atom. The second-order valence-electron chi connectivity index (χ2n) is 10.6. The van der Waals surface area contributed by atoms with E-state index in [2.05, 4.69) is 194 Å². The predicted molar refractivity (Wildman–Crippen MR) is 177 cm³/mol. The molecule has 40 heavy (non-hydrogen) atoms. The van der Waals surface area contributed by atoms with E-state index >= 15 is 0 Å². The van der Waals surface area contributed by atoms with Crippen LogP contribution >= 0.6 is 18.5 Å². The Morgan fingerprint density at radius 1 is 0.425 bits per heavy atom. The van der Waals surface area contributed by atoms with Crippen molar-refractivity contribution in [2.24, 2.45) is 5.41 Å². The molecule has 3 unspecified atom stereocenters. The van der Waals surface area contributed by atoms with Gasteiger partial charge in [0.25, 0.3) is 0 Å². The lowest BCUT2D eigenvalue weighted by molar-refractivity contribution is 0.207. The zero-order valence-corrected chi connectivity index (χ0v) is 24.8. The SMILES string of the molecule is PC(c1ccccc1)(c1ccccc1)C1(C(P)(c2ccccc2)c2ccccc2)C=CC=CC1c1ccccc1. The zero-order chi connectivity index (χ0) is 27.5. The van der Waals surface area contributed by atoms with Crippen LogP contribution in [0.25, 0.3) is 0 Å². The first-order valence-electron chi connectivity index (χ1n) is 13.8. The topological polar surface area (TPSA) is 0 Å². The van der Waals surface area contributed by atoms with E-state index in [1.54, 1.807) is 0 Å². The van der Waals surface area contributed by atoms with Crippen LogP contribution in [0.3, 0.4) is 0 Å². The van der Waals surface area contributed by atoms with Gasteiger partial charge in [-0.1, -0.05) is 176 Å². The fourth-order valence-electron chi connectivity index (χ4n) is 6.83. The van der Waals surface area contributed by atoms with Gasteiger partial charge in [-0.2, -0.15) is 0 Å². The highest BCUT2D eigenvalue weighted by Gasteiger charge is 2.64. The minimum atomic E-state index is -0.523. The second kappa shape index (κ2) is 11.1. The van der Waals surface area contributed by atoms with Crippen LogP contribution in [0.2, 0.25) is 0 Å². The van der Waals surface area contributed by atoms with Gasteiger partial charge in [0.1, 0.15) is 0 Å². The highest BCUT2D eigenvalue weighted by molar-refractivity contribution is 7.20. The average Bonchev–Trinajstić information content (AvgIpc) is 3.06. The monoisotopic (exact) mass is 552 g/mol. The summed E-state index contributed by atoms with van der Waals surface area (Å²) < 4.78 is 0. The van der Waals surface area contributed by atoms with Gasteiger partial charge in [0.15, 0.2) is 0 Å². The molecular weight excluding hydrogens is 518 g/mol. The van der Waals surface area contributed by atoms with E-state index in [1.165, 1.54) is 27.8 Å². The van der Waals surface area contributed by atoms with Crippen molar-refractivity contribution >= 4 is 18.5 Å². The van der Waals surface area contributed by atoms with E-state index in [0.717, 1.165) is 0 Å². The lowest BCUT2D eigenvalue weighted by atomic mass is 9.50. The van der Waals surface area contributed by atoms with Crippen molar-refractivity contribution in [3.63, 3.8) is 0 Å². The first kappa shape index (κ1) is 26.7. The van der Waals surface area contributed by atoms with Crippen molar-refractivity contribution in [2.75, 3.05) is 0 Å². The summed E-state index contributed by atoms with van der Waals surface area (Å²) in [5.74, 6) is 0.0505. The van der Waals surface area contributed by atoms with Crippen molar-refractivity contribution < 1.29 is 0 Å². The summed E-state index contributed by atoms with van der Waals surface area (Å²) in [5, 5.41) is -1.05. The maximum atomic E-state index is 3.41. The molecule has 6 rings (SSSR count). The first-order chi connectivity index (χ1) is 19.6. The Balaban J connectivity index is 1.82. The van der Waals surface area contributed by atoms with E-state index in [1.807, 2.05) is 0 Å². The summed E-state index contributed by atoms with van der Waals surface area (Å²) in [7, 11) is 6.81. The van der Waals surface area contributed by atoms with E-state index in [9.17, 15) is 0 Å². The fraction of sp³-hybridized carbons (Fsp3) is 0.105. The molecule has 0 saturated heterocycles. The minimum Gasteiger partial charge on any atom is -0.121 e.